The van der Waals surface area contributed by atoms with Gasteiger partial charge in [-0.25, -0.2) is 0 Å². The molecule has 1 aromatic rings. The van der Waals surface area contributed by atoms with Crippen LogP contribution < -0.4 is 5.32 Å². The molecule has 1 unspecified atom stereocenters. The Bertz CT molecular complexity index is 538. The average Bonchev–Trinajstić information content (AvgIpc) is 2.52. The number of aliphatic hydroxyl groups is 2. The van der Waals surface area contributed by atoms with Gasteiger partial charge < -0.3 is 15.5 Å². The molecule has 1 atom stereocenters. The molecule has 1 aromatic carbocycles. The number of rotatable bonds is 8. The van der Waals surface area contributed by atoms with Gasteiger partial charge in [-0.1, -0.05) is 18.2 Å². The molecule has 4 heteroatoms. The highest BCUT2D eigenvalue weighted by molar-refractivity contribution is 5.94. The predicted molar refractivity (Wildman–Crippen MR) is 85.9 cm³/mol. The maximum Gasteiger partial charge on any atom is 0.251 e. The third-order valence-electron chi connectivity index (χ3n) is 3.46. The van der Waals surface area contributed by atoms with Gasteiger partial charge in [-0.15, -0.1) is 24.7 Å². The third kappa shape index (κ3) is 4.93. The first-order chi connectivity index (χ1) is 10.6. The van der Waals surface area contributed by atoms with Crippen LogP contribution in [0, 0.1) is 24.7 Å². The molecule has 0 bridgehead atoms. The first kappa shape index (κ1) is 17.8. The van der Waals surface area contributed by atoms with E-state index in [0.717, 1.165) is 0 Å². The highest BCUT2D eigenvalue weighted by atomic mass is 16.3. The van der Waals surface area contributed by atoms with Crippen molar-refractivity contribution < 1.29 is 15.0 Å². The first-order valence-corrected chi connectivity index (χ1v) is 7.13. The summed E-state index contributed by atoms with van der Waals surface area (Å²) in [5.74, 6) is 4.50. The van der Waals surface area contributed by atoms with Crippen molar-refractivity contribution in [3.05, 3.63) is 35.9 Å². The Kier molecular flexibility index (Phi) is 7.19. The Morgan fingerprint density at radius 2 is 1.82 bits per heavy atom. The monoisotopic (exact) mass is 299 g/mol. The molecule has 116 valence electrons. The van der Waals surface area contributed by atoms with Crippen molar-refractivity contribution in [3.8, 4) is 24.7 Å². The van der Waals surface area contributed by atoms with Crippen LogP contribution in [0.1, 0.15) is 36.0 Å². The fourth-order valence-corrected chi connectivity index (χ4v) is 2.26. The van der Waals surface area contributed by atoms with Crippen LogP contribution in [0.3, 0.4) is 0 Å². The predicted octanol–water partition coefficient (Wildman–Crippen LogP) is 1.34. The number of carbonyl (C=O) groups excluding carboxylic acids is 1. The molecule has 0 radical (unpaired) electrons. The second-order valence-electron chi connectivity index (χ2n) is 5.12. The quantitative estimate of drug-likeness (QED) is 0.634. The molecule has 0 aromatic heterocycles. The summed E-state index contributed by atoms with van der Waals surface area (Å²) >= 11 is 0. The van der Waals surface area contributed by atoms with Crippen molar-refractivity contribution in [2.45, 2.75) is 37.3 Å². The van der Waals surface area contributed by atoms with E-state index in [2.05, 4.69) is 17.2 Å². The Morgan fingerprint density at radius 1 is 1.23 bits per heavy atom. The molecule has 0 saturated heterocycles. The number of nitrogens with one attached hydrogen (secondary N) is 1. The summed E-state index contributed by atoms with van der Waals surface area (Å²) in [5.41, 5.74) is -0.899. The van der Waals surface area contributed by atoms with Crippen LogP contribution in [-0.2, 0) is 0 Å². The van der Waals surface area contributed by atoms with E-state index in [-0.39, 0.29) is 25.4 Å². The maximum atomic E-state index is 12.3. The van der Waals surface area contributed by atoms with Gasteiger partial charge in [-0.3, -0.25) is 4.79 Å². The van der Waals surface area contributed by atoms with E-state index in [1.54, 1.807) is 24.3 Å². The van der Waals surface area contributed by atoms with Gasteiger partial charge in [0.1, 0.15) is 5.60 Å². The number of carbonyl (C=O) groups is 1. The van der Waals surface area contributed by atoms with Crippen LogP contribution in [0.25, 0.3) is 0 Å². The maximum absolute atomic E-state index is 12.3. The van der Waals surface area contributed by atoms with Crippen LogP contribution >= 0.6 is 0 Å². The van der Waals surface area contributed by atoms with Gasteiger partial charge >= 0.3 is 0 Å². The van der Waals surface area contributed by atoms with E-state index in [1.165, 1.54) is 0 Å². The van der Waals surface area contributed by atoms with Crippen molar-refractivity contribution in [2.75, 3.05) is 6.61 Å². The van der Waals surface area contributed by atoms with Crippen molar-refractivity contribution in [1.29, 1.82) is 0 Å². The van der Waals surface area contributed by atoms with Crippen LogP contribution in [0.5, 0.6) is 0 Å². The lowest BCUT2D eigenvalue weighted by atomic mass is 9.85. The second kappa shape index (κ2) is 8.89. The lowest BCUT2D eigenvalue weighted by molar-refractivity contribution is 0.00608. The Morgan fingerprint density at radius 3 is 2.32 bits per heavy atom. The number of amides is 1. The van der Waals surface area contributed by atoms with E-state index >= 15 is 0 Å². The van der Waals surface area contributed by atoms with Crippen LogP contribution in [-0.4, -0.2) is 34.4 Å². The van der Waals surface area contributed by atoms with Gasteiger partial charge in [0.15, 0.2) is 0 Å². The molecule has 1 rings (SSSR count). The lowest BCUT2D eigenvalue weighted by Crippen LogP contribution is -2.52. The van der Waals surface area contributed by atoms with Crippen LogP contribution in [0.15, 0.2) is 30.3 Å². The molecule has 0 aliphatic rings. The zero-order chi connectivity index (χ0) is 16.4. The summed E-state index contributed by atoms with van der Waals surface area (Å²) in [6.45, 7) is -0.0418. The van der Waals surface area contributed by atoms with E-state index in [0.29, 0.717) is 18.4 Å². The molecule has 3 N–H and O–H groups in total. The van der Waals surface area contributed by atoms with E-state index in [1.807, 2.05) is 6.07 Å². The molecule has 1 amide bonds. The normalized spacial score (nSPS) is 12.0. The summed E-state index contributed by atoms with van der Waals surface area (Å²) in [6.07, 6.45) is 11.5. The zero-order valence-electron chi connectivity index (χ0n) is 12.5. The standard InChI is InChI=1S/C18H21NO3/c1-3-12-18(22,13-4-2)16(11-8-14-20)19-17(21)15-9-6-5-7-10-15/h1-2,5-7,9-10,16,20,22H,8,11-14H2,(H,19,21). The van der Waals surface area contributed by atoms with Crippen molar-refractivity contribution >= 4 is 5.91 Å². The molecule has 22 heavy (non-hydrogen) atoms. The topological polar surface area (TPSA) is 69.6 Å². The Labute approximate surface area is 131 Å². The number of hydrogen-bond donors (Lipinski definition) is 3. The Hall–Kier alpha value is -2.27. The fourth-order valence-electron chi connectivity index (χ4n) is 2.26. The minimum Gasteiger partial charge on any atom is -0.396 e. The van der Waals surface area contributed by atoms with Crippen molar-refractivity contribution in [2.24, 2.45) is 0 Å². The molecule has 0 aliphatic heterocycles. The number of terminal acetylenes is 2. The smallest absolute Gasteiger partial charge is 0.251 e. The molecule has 0 aliphatic carbocycles. The third-order valence-corrected chi connectivity index (χ3v) is 3.46. The van der Waals surface area contributed by atoms with E-state index < -0.39 is 11.6 Å². The number of aliphatic hydroxyl groups excluding tert-OH is 1. The molecule has 0 spiro atoms. The zero-order valence-corrected chi connectivity index (χ0v) is 12.5. The molecular formula is C18H21NO3. The minimum absolute atomic E-state index is 0.0301. The summed E-state index contributed by atoms with van der Waals surface area (Å²) < 4.78 is 0. The summed E-state index contributed by atoms with van der Waals surface area (Å²) in [7, 11) is 0. The van der Waals surface area contributed by atoms with Gasteiger partial charge in [-0.2, -0.15) is 0 Å². The van der Waals surface area contributed by atoms with Crippen molar-refractivity contribution in [3.63, 3.8) is 0 Å². The first-order valence-electron chi connectivity index (χ1n) is 7.13. The SMILES string of the molecule is C#CCC(O)(CC#C)C(CCCO)NC(=O)c1ccccc1. The van der Waals surface area contributed by atoms with Crippen LogP contribution in [0.2, 0.25) is 0 Å². The largest absolute Gasteiger partial charge is 0.396 e. The highest BCUT2D eigenvalue weighted by Gasteiger charge is 2.36. The summed E-state index contributed by atoms with van der Waals surface area (Å²) in [6, 6.07) is 8.06. The second-order valence-corrected chi connectivity index (χ2v) is 5.12. The van der Waals surface area contributed by atoms with Gasteiger partial charge in [0.2, 0.25) is 0 Å². The molecule has 0 saturated carbocycles. The van der Waals surface area contributed by atoms with Gasteiger partial charge in [0.05, 0.1) is 6.04 Å². The molecule has 0 heterocycles. The highest BCUT2D eigenvalue weighted by Crippen LogP contribution is 2.23. The average molecular weight is 299 g/mol. The minimum atomic E-state index is -1.39. The van der Waals surface area contributed by atoms with E-state index in [4.69, 9.17) is 18.0 Å². The van der Waals surface area contributed by atoms with E-state index in [9.17, 15) is 9.90 Å². The van der Waals surface area contributed by atoms with Gasteiger partial charge in [0.25, 0.3) is 5.91 Å². The lowest BCUT2D eigenvalue weighted by Gasteiger charge is -2.34. The van der Waals surface area contributed by atoms with Crippen molar-refractivity contribution in [1.82, 2.24) is 5.32 Å². The Balaban J connectivity index is 2.94. The number of hydrogen-bond acceptors (Lipinski definition) is 3. The number of benzene rings is 1. The van der Waals surface area contributed by atoms with Gasteiger partial charge in [-0.05, 0) is 25.0 Å². The summed E-state index contributed by atoms with van der Waals surface area (Å²) in [5, 5.41) is 22.5. The van der Waals surface area contributed by atoms with Gasteiger partial charge in [0, 0.05) is 25.0 Å². The fraction of sp³-hybridized carbons (Fsp3) is 0.389. The molecule has 4 nitrogen and oxygen atoms in total. The molecule has 0 fully saturated rings. The summed E-state index contributed by atoms with van der Waals surface area (Å²) in [4.78, 5) is 12.3. The molecular weight excluding hydrogens is 278 g/mol. The van der Waals surface area contributed by atoms with Crippen LogP contribution in [0.4, 0.5) is 0 Å².